The lowest BCUT2D eigenvalue weighted by Gasteiger charge is -2.10. The number of benzene rings is 1. The van der Waals surface area contributed by atoms with Crippen molar-refractivity contribution in [3.8, 4) is 5.75 Å². The Balaban J connectivity index is 2.20. The molecule has 0 aliphatic carbocycles. The summed E-state index contributed by atoms with van der Waals surface area (Å²) < 4.78 is 7.10. The zero-order valence-electron chi connectivity index (χ0n) is 10.1. The third-order valence-corrected chi connectivity index (χ3v) is 2.46. The van der Waals surface area contributed by atoms with Crippen LogP contribution in [0.2, 0.25) is 0 Å². The van der Waals surface area contributed by atoms with E-state index in [4.69, 9.17) is 9.84 Å². The van der Waals surface area contributed by atoms with E-state index in [1.165, 1.54) is 6.07 Å². The first-order valence-corrected chi connectivity index (χ1v) is 5.39. The van der Waals surface area contributed by atoms with Crippen LogP contribution < -0.4 is 4.74 Å². The maximum atomic E-state index is 11.1. The third kappa shape index (κ3) is 2.48. The summed E-state index contributed by atoms with van der Waals surface area (Å²) >= 11 is 0. The summed E-state index contributed by atoms with van der Waals surface area (Å²) in [5, 5.41) is 16.7. The molecule has 18 heavy (non-hydrogen) atoms. The molecule has 0 bridgehead atoms. The number of carbonyl (C=O) groups is 1. The number of hydrogen-bond donors (Lipinski definition) is 1. The summed E-state index contributed by atoms with van der Waals surface area (Å²) in [6.07, 6.45) is 1.72. The number of carboxylic acids is 1. The van der Waals surface area contributed by atoms with Gasteiger partial charge in [0.15, 0.2) is 0 Å². The second-order valence-electron chi connectivity index (χ2n) is 3.93. The minimum absolute atomic E-state index is 0.152. The lowest BCUT2D eigenvalue weighted by atomic mass is 10.1. The van der Waals surface area contributed by atoms with Crippen LogP contribution in [-0.2, 0) is 13.7 Å². The topological polar surface area (TPSA) is 77.2 Å². The Kier molecular flexibility index (Phi) is 3.27. The zero-order valence-corrected chi connectivity index (χ0v) is 10.1. The van der Waals surface area contributed by atoms with Gasteiger partial charge < -0.3 is 9.84 Å². The number of ether oxygens (including phenoxy) is 1. The number of aromatic carboxylic acids is 1. The Hall–Kier alpha value is -2.37. The maximum Gasteiger partial charge on any atom is 0.339 e. The van der Waals surface area contributed by atoms with Gasteiger partial charge in [-0.1, -0.05) is 17.3 Å². The van der Waals surface area contributed by atoms with Crippen LogP contribution in [0.3, 0.4) is 0 Å². The van der Waals surface area contributed by atoms with Crippen LogP contribution in [0.1, 0.15) is 21.6 Å². The molecule has 0 saturated carbocycles. The van der Waals surface area contributed by atoms with Gasteiger partial charge in [0.05, 0.1) is 6.20 Å². The van der Waals surface area contributed by atoms with Crippen molar-refractivity contribution in [2.45, 2.75) is 13.5 Å². The largest absolute Gasteiger partial charge is 0.486 e. The number of hydrogen-bond acceptors (Lipinski definition) is 4. The predicted molar refractivity (Wildman–Crippen MR) is 63.5 cm³/mol. The third-order valence-electron chi connectivity index (χ3n) is 2.46. The fourth-order valence-corrected chi connectivity index (χ4v) is 1.62. The van der Waals surface area contributed by atoms with Crippen molar-refractivity contribution < 1.29 is 14.6 Å². The van der Waals surface area contributed by atoms with Crippen LogP contribution in [-0.4, -0.2) is 26.1 Å². The average Bonchev–Trinajstić information content (AvgIpc) is 2.73. The molecular formula is C12H13N3O3. The molecule has 1 N–H and O–H groups in total. The lowest BCUT2D eigenvalue weighted by molar-refractivity contribution is 0.0691. The molecule has 1 aromatic carbocycles. The fourth-order valence-electron chi connectivity index (χ4n) is 1.62. The second-order valence-corrected chi connectivity index (χ2v) is 3.93. The Morgan fingerprint density at radius 2 is 2.28 bits per heavy atom. The van der Waals surface area contributed by atoms with E-state index in [2.05, 4.69) is 10.3 Å². The van der Waals surface area contributed by atoms with Crippen LogP contribution in [0.4, 0.5) is 0 Å². The summed E-state index contributed by atoms with van der Waals surface area (Å²) in [5.41, 5.74) is 1.58. The van der Waals surface area contributed by atoms with Gasteiger partial charge in [-0.25, -0.2) is 4.79 Å². The molecule has 1 heterocycles. The highest BCUT2D eigenvalue weighted by Crippen LogP contribution is 2.24. The van der Waals surface area contributed by atoms with Crippen molar-refractivity contribution in [2.75, 3.05) is 0 Å². The summed E-state index contributed by atoms with van der Waals surface area (Å²) in [7, 11) is 1.76. The van der Waals surface area contributed by atoms with Crippen LogP contribution >= 0.6 is 0 Å². The van der Waals surface area contributed by atoms with E-state index >= 15 is 0 Å². The fraction of sp³-hybridized carbons (Fsp3) is 0.250. The average molecular weight is 247 g/mol. The Bertz CT molecular complexity index is 578. The molecule has 2 rings (SSSR count). The van der Waals surface area contributed by atoms with Crippen LogP contribution in [0.25, 0.3) is 0 Å². The second kappa shape index (κ2) is 4.87. The minimum atomic E-state index is -1.01. The van der Waals surface area contributed by atoms with E-state index in [-0.39, 0.29) is 12.2 Å². The molecule has 0 radical (unpaired) electrons. The number of nitrogens with zero attached hydrogens (tertiary/aromatic N) is 3. The van der Waals surface area contributed by atoms with Gasteiger partial charge in [-0.15, -0.1) is 5.10 Å². The molecule has 6 nitrogen and oxygen atoms in total. The summed E-state index contributed by atoms with van der Waals surface area (Å²) in [6, 6.07) is 5.01. The first-order chi connectivity index (χ1) is 8.58. The predicted octanol–water partition coefficient (Wildman–Crippen LogP) is 1.40. The van der Waals surface area contributed by atoms with Crippen LogP contribution in [0, 0.1) is 6.92 Å². The standard InChI is InChI=1S/C12H13N3O3/c1-8-4-3-5-10(12(16)17)11(8)18-7-9-6-15(2)14-13-9/h3-6H,7H2,1-2H3,(H,16,17). The Labute approximate surface area is 104 Å². The van der Waals surface area contributed by atoms with Gasteiger partial charge in [0.25, 0.3) is 0 Å². The van der Waals surface area contributed by atoms with E-state index in [9.17, 15) is 4.79 Å². The van der Waals surface area contributed by atoms with Crippen molar-refractivity contribution in [1.29, 1.82) is 0 Å². The molecule has 0 amide bonds. The number of aryl methyl sites for hydroxylation is 2. The molecule has 0 aliphatic rings. The number of carboxylic acid groups (broad SMARTS) is 1. The molecule has 94 valence electrons. The smallest absolute Gasteiger partial charge is 0.339 e. The molecular weight excluding hydrogens is 234 g/mol. The van der Waals surface area contributed by atoms with Gasteiger partial charge in [-0.2, -0.15) is 0 Å². The molecule has 0 unspecified atom stereocenters. The first kappa shape index (κ1) is 12.1. The van der Waals surface area contributed by atoms with E-state index in [1.807, 2.05) is 0 Å². The molecule has 0 spiro atoms. The summed E-state index contributed by atoms with van der Waals surface area (Å²) in [5.74, 6) is -0.636. The van der Waals surface area contributed by atoms with E-state index < -0.39 is 5.97 Å². The highest BCUT2D eigenvalue weighted by molar-refractivity contribution is 5.91. The van der Waals surface area contributed by atoms with Crippen LogP contribution in [0.5, 0.6) is 5.75 Å². The van der Waals surface area contributed by atoms with E-state index in [0.717, 1.165) is 5.56 Å². The molecule has 0 aliphatic heterocycles. The highest BCUT2D eigenvalue weighted by Gasteiger charge is 2.13. The zero-order chi connectivity index (χ0) is 13.1. The van der Waals surface area contributed by atoms with Crippen molar-refractivity contribution in [2.24, 2.45) is 7.05 Å². The highest BCUT2D eigenvalue weighted by atomic mass is 16.5. The molecule has 2 aromatic rings. The number of rotatable bonds is 4. The quantitative estimate of drug-likeness (QED) is 0.883. The van der Waals surface area contributed by atoms with Gasteiger partial charge in [0.1, 0.15) is 23.6 Å². The molecule has 1 aromatic heterocycles. The Morgan fingerprint density at radius 3 is 2.89 bits per heavy atom. The molecule has 0 fully saturated rings. The number of para-hydroxylation sites is 1. The first-order valence-electron chi connectivity index (χ1n) is 5.39. The monoisotopic (exact) mass is 247 g/mol. The molecule has 0 atom stereocenters. The Morgan fingerprint density at radius 1 is 1.50 bits per heavy atom. The van der Waals surface area contributed by atoms with E-state index in [1.54, 1.807) is 37.0 Å². The SMILES string of the molecule is Cc1cccc(C(=O)O)c1OCc1cn(C)nn1. The lowest BCUT2D eigenvalue weighted by Crippen LogP contribution is -2.05. The summed E-state index contributed by atoms with van der Waals surface area (Å²) in [6.45, 7) is 2.00. The minimum Gasteiger partial charge on any atom is -0.486 e. The number of aromatic nitrogens is 3. The van der Waals surface area contributed by atoms with Crippen LogP contribution in [0.15, 0.2) is 24.4 Å². The van der Waals surface area contributed by atoms with Crippen molar-refractivity contribution in [1.82, 2.24) is 15.0 Å². The van der Waals surface area contributed by atoms with Gasteiger partial charge in [0, 0.05) is 7.05 Å². The molecule has 6 heteroatoms. The van der Waals surface area contributed by atoms with E-state index in [0.29, 0.717) is 11.4 Å². The van der Waals surface area contributed by atoms with Gasteiger partial charge in [0.2, 0.25) is 0 Å². The van der Waals surface area contributed by atoms with Crippen molar-refractivity contribution >= 4 is 5.97 Å². The molecule has 0 saturated heterocycles. The maximum absolute atomic E-state index is 11.1. The van der Waals surface area contributed by atoms with Crippen molar-refractivity contribution in [3.05, 3.63) is 41.2 Å². The van der Waals surface area contributed by atoms with Gasteiger partial charge in [-0.05, 0) is 18.6 Å². The van der Waals surface area contributed by atoms with Crippen molar-refractivity contribution in [3.63, 3.8) is 0 Å². The summed E-state index contributed by atoms with van der Waals surface area (Å²) in [4.78, 5) is 11.1. The normalized spacial score (nSPS) is 10.3. The van der Waals surface area contributed by atoms with Gasteiger partial charge >= 0.3 is 5.97 Å². The van der Waals surface area contributed by atoms with Gasteiger partial charge in [-0.3, -0.25) is 4.68 Å².